The fraction of sp³-hybridized carbons (Fsp3) is 0.275. The molecule has 0 saturated heterocycles. The predicted octanol–water partition coefficient (Wildman–Crippen LogP) is 8.56. The molecule has 3 aliphatic rings. The molecule has 13 heteroatoms. The van der Waals surface area contributed by atoms with Crippen LogP contribution in [0.1, 0.15) is 51.7 Å². The Morgan fingerprint density at radius 2 is 1.53 bits per heavy atom. The van der Waals surface area contributed by atoms with Gasteiger partial charge in [0.1, 0.15) is 7.05 Å². The Morgan fingerprint density at radius 1 is 0.849 bits per heavy atom. The third-order valence-electron chi connectivity index (χ3n) is 10.9. The third kappa shape index (κ3) is 6.27. The van der Waals surface area contributed by atoms with Crippen molar-refractivity contribution < 1.29 is 40.6 Å². The Labute approximate surface area is 314 Å². The van der Waals surface area contributed by atoms with Crippen LogP contribution in [0.4, 0.5) is 11.4 Å². The monoisotopic (exact) mass is 773 g/mol. The van der Waals surface area contributed by atoms with E-state index in [0.29, 0.717) is 23.1 Å². The highest BCUT2D eigenvalue weighted by atomic mass is 32.2. The van der Waals surface area contributed by atoms with E-state index in [2.05, 4.69) is 52.6 Å². The van der Waals surface area contributed by atoms with E-state index in [1.165, 1.54) is 24.0 Å². The molecular formula is C40H41N2O8S3+. The normalized spacial score (nSPS) is 19.9. The summed E-state index contributed by atoms with van der Waals surface area (Å²) in [7, 11) is -3.92. The van der Waals surface area contributed by atoms with Gasteiger partial charge in [0.25, 0.3) is 10.1 Å². The zero-order chi connectivity index (χ0) is 38.2. The SMILES string of the molecule is CN1C(=CC=C2CCC(C=CC3=[N+](C)c4ccc5cc(S(=O)(=O)O)ccc5c4C3(C)C)=C2S(C)(=O)=O)C(C)(C)c2c1ccc1cc(SOOO)ccc21. The van der Waals surface area contributed by atoms with Crippen LogP contribution >= 0.6 is 12.0 Å². The van der Waals surface area contributed by atoms with E-state index >= 15 is 0 Å². The molecule has 276 valence electrons. The molecule has 2 N–H and O–H groups in total. The lowest BCUT2D eigenvalue weighted by atomic mass is 9.79. The minimum Gasteiger partial charge on any atom is -0.347 e. The summed E-state index contributed by atoms with van der Waals surface area (Å²) in [5, 5.41) is 16.0. The van der Waals surface area contributed by atoms with Gasteiger partial charge in [0.15, 0.2) is 15.5 Å². The molecule has 0 saturated carbocycles. The lowest BCUT2D eigenvalue weighted by Crippen LogP contribution is -2.27. The van der Waals surface area contributed by atoms with E-state index < -0.39 is 30.8 Å². The number of hydrogen-bond donors (Lipinski definition) is 2. The highest BCUT2D eigenvalue weighted by molar-refractivity contribution is 7.95. The molecule has 2 heterocycles. The number of benzene rings is 4. The van der Waals surface area contributed by atoms with Crippen LogP contribution in [0.3, 0.4) is 0 Å². The molecule has 53 heavy (non-hydrogen) atoms. The lowest BCUT2D eigenvalue weighted by molar-refractivity contribution is -0.432. The molecule has 10 nitrogen and oxygen atoms in total. The van der Waals surface area contributed by atoms with Gasteiger partial charge in [0, 0.05) is 52.7 Å². The van der Waals surface area contributed by atoms with Crippen LogP contribution < -0.4 is 4.90 Å². The summed E-state index contributed by atoms with van der Waals surface area (Å²) >= 11 is 0.915. The number of hydrogen-bond acceptors (Lipinski definition) is 9. The first-order valence-corrected chi connectivity index (χ1v) is 21.1. The van der Waals surface area contributed by atoms with E-state index in [0.717, 1.165) is 72.6 Å². The van der Waals surface area contributed by atoms with E-state index in [9.17, 15) is 21.4 Å². The maximum absolute atomic E-state index is 13.4. The maximum Gasteiger partial charge on any atom is 0.294 e. The predicted molar refractivity (Wildman–Crippen MR) is 210 cm³/mol. The highest BCUT2D eigenvalue weighted by Crippen LogP contribution is 2.51. The smallest absolute Gasteiger partial charge is 0.294 e. The van der Waals surface area contributed by atoms with Crippen molar-refractivity contribution in [2.45, 2.75) is 61.2 Å². The van der Waals surface area contributed by atoms with Gasteiger partial charge >= 0.3 is 0 Å². The van der Waals surface area contributed by atoms with Crippen LogP contribution in [0, 0.1) is 0 Å². The first kappa shape index (κ1) is 37.2. The quantitative estimate of drug-likeness (QED) is 0.0590. The third-order valence-corrected chi connectivity index (χ3v) is 13.6. The fourth-order valence-corrected chi connectivity index (χ4v) is 10.8. The van der Waals surface area contributed by atoms with Crippen molar-refractivity contribution >= 4 is 70.6 Å². The molecule has 2 aliphatic heterocycles. The molecule has 0 bridgehead atoms. The zero-order valence-electron chi connectivity index (χ0n) is 30.5. The van der Waals surface area contributed by atoms with Gasteiger partial charge in [-0.05, 0) is 107 Å². The van der Waals surface area contributed by atoms with Gasteiger partial charge in [0.05, 0.1) is 27.3 Å². The Morgan fingerprint density at radius 3 is 2.23 bits per heavy atom. The summed E-state index contributed by atoms with van der Waals surface area (Å²) < 4.78 is 66.7. The summed E-state index contributed by atoms with van der Waals surface area (Å²) in [5.41, 5.74) is 6.89. The standard InChI is InChI=1S/C40H40N2O8S3/c1-39(2)34(41(5)32-18-10-26-22-28(51-50-49-43)14-16-30(26)36(32)39)20-12-24-8-9-25(38(24)52(7,44)45)13-21-35-40(3,4)37-31-17-15-29(53(46,47)48)23-27(31)11-19-33(37)42(35)6/h10-23H,8-9H2,1-7H3,(H-,43,46,47,48)/p+1. The summed E-state index contributed by atoms with van der Waals surface area (Å²) in [6, 6.07) is 18.5. The van der Waals surface area contributed by atoms with Crippen molar-refractivity contribution in [2.75, 3.05) is 25.3 Å². The highest BCUT2D eigenvalue weighted by Gasteiger charge is 2.44. The molecule has 0 aromatic heterocycles. The number of nitrogens with zero attached hydrogens (tertiary/aromatic N) is 2. The minimum atomic E-state index is -4.35. The number of anilines is 1. The van der Waals surface area contributed by atoms with Crippen LogP contribution in [0.25, 0.3) is 21.5 Å². The van der Waals surface area contributed by atoms with Gasteiger partial charge in [0.2, 0.25) is 5.69 Å². The van der Waals surface area contributed by atoms with E-state index in [4.69, 9.17) is 5.26 Å². The summed E-state index contributed by atoms with van der Waals surface area (Å²) in [6.45, 7) is 8.55. The Balaban J connectivity index is 1.23. The van der Waals surface area contributed by atoms with Gasteiger partial charge in [-0.1, -0.05) is 49.2 Å². The van der Waals surface area contributed by atoms with Crippen molar-refractivity contribution in [3.63, 3.8) is 0 Å². The molecule has 0 atom stereocenters. The number of allylic oxidation sites excluding steroid dienone is 7. The molecular weight excluding hydrogens is 733 g/mol. The first-order chi connectivity index (χ1) is 24.9. The largest absolute Gasteiger partial charge is 0.347 e. The van der Waals surface area contributed by atoms with E-state index in [1.807, 2.05) is 74.8 Å². The topological polar surface area (TPSA) is 133 Å². The zero-order valence-corrected chi connectivity index (χ0v) is 32.9. The molecule has 4 aromatic rings. The van der Waals surface area contributed by atoms with Crippen molar-refractivity contribution in [2.24, 2.45) is 0 Å². The van der Waals surface area contributed by atoms with Crippen molar-refractivity contribution in [3.8, 4) is 0 Å². The van der Waals surface area contributed by atoms with Gasteiger partial charge < -0.3 is 4.90 Å². The molecule has 0 spiro atoms. The number of sulfone groups is 1. The van der Waals surface area contributed by atoms with Crippen molar-refractivity contribution in [1.82, 2.24) is 0 Å². The van der Waals surface area contributed by atoms with Gasteiger partial charge in [-0.25, -0.2) is 13.7 Å². The average molecular weight is 774 g/mol. The van der Waals surface area contributed by atoms with Gasteiger partial charge in [-0.15, -0.1) is 4.33 Å². The Kier molecular flexibility index (Phi) is 9.17. The van der Waals surface area contributed by atoms with Crippen molar-refractivity contribution in [1.29, 1.82) is 0 Å². The summed E-state index contributed by atoms with van der Waals surface area (Å²) in [5.74, 6) is 0. The molecule has 0 unspecified atom stereocenters. The molecule has 0 amide bonds. The minimum absolute atomic E-state index is 0.156. The van der Waals surface area contributed by atoms with E-state index in [1.54, 1.807) is 6.07 Å². The molecule has 0 radical (unpaired) electrons. The van der Waals surface area contributed by atoms with Crippen LogP contribution in [-0.2, 0) is 40.2 Å². The van der Waals surface area contributed by atoms with Crippen LogP contribution in [-0.4, -0.2) is 57.3 Å². The number of rotatable bonds is 8. The van der Waals surface area contributed by atoms with Crippen LogP contribution in [0.15, 0.2) is 117 Å². The summed E-state index contributed by atoms with van der Waals surface area (Å²) in [6.07, 6.45) is 10.4. The Bertz CT molecular complexity index is 2630. The van der Waals surface area contributed by atoms with Gasteiger partial charge in [-0.3, -0.25) is 4.55 Å². The average Bonchev–Trinajstić information content (AvgIpc) is 3.66. The van der Waals surface area contributed by atoms with E-state index in [-0.39, 0.29) is 4.90 Å². The van der Waals surface area contributed by atoms with Gasteiger partial charge in [-0.2, -0.15) is 13.0 Å². The Hall–Kier alpha value is -4.08. The maximum atomic E-state index is 13.4. The second kappa shape index (κ2) is 13.0. The van der Waals surface area contributed by atoms with Crippen molar-refractivity contribution in [3.05, 3.63) is 118 Å². The van der Waals surface area contributed by atoms with Crippen LogP contribution in [0.2, 0.25) is 0 Å². The fourth-order valence-electron chi connectivity index (χ4n) is 8.58. The number of fused-ring (bicyclic) bond motifs is 6. The molecule has 0 fully saturated rings. The lowest BCUT2D eigenvalue weighted by Gasteiger charge is -2.24. The first-order valence-electron chi connectivity index (χ1n) is 17.0. The second-order valence-electron chi connectivity index (χ2n) is 14.8. The second-order valence-corrected chi connectivity index (χ2v) is 19.0. The molecule has 1 aliphatic carbocycles. The number of likely N-dealkylation sites (N-methyl/N-ethyl adjacent to an activating group) is 1. The summed E-state index contributed by atoms with van der Waals surface area (Å²) in [4.78, 5) is 3.14. The molecule has 4 aromatic carbocycles. The van der Waals surface area contributed by atoms with Crippen LogP contribution in [0.5, 0.6) is 0 Å². The molecule has 7 rings (SSSR count).